The van der Waals surface area contributed by atoms with Crippen molar-refractivity contribution in [3.8, 4) is 39.6 Å². The number of hydrogen-bond acceptors (Lipinski definition) is 5. The monoisotopic (exact) mass is 529 g/mol. The molecule has 2 heterocycles. The van der Waals surface area contributed by atoms with Crippen molar-refractivity contribution in [2.24, 2.45) is 0 Å². The Balaban J connectivity index is 1.53. The molecule has 0 saturated carbocycles. The molecule has 4 aromatic carbocycles. The Morgan fingerprint density at radius 3 is 1.72 bits per heavy atom. The van der Waals surface area contributed by atoms with Gasteiger partial charge in [0, 0.05) is 34.8 Å². The van der Waals surface area contributed by atoms with Gasteiger partial charge in [0.05, 0.1) is 16.3 Å². The quantitative estimate of drug-likeness (QED) is 0.256. The van der Waals surface area contributed by atoms with Crippen LogP contribution in [0.5, 0.6) is 0 Å². The predicted molar refractivity (Wildman–Crippen MR) is 153 cm³/mol. The lowest BCUT2D eigenvalue weighted by atomic mass is 10.0. The van der Waals surface area contributed by atoms with E-state index in [1.54, 1.807) is 30.3 Å². The molecule has 6 aromatic rings. The molecule has 0 spiro atoms. The third kappa shape index (κ3) is 4.93. The summed E-state index contributed by atoms with van der Waals surface area (Å²) in [4.78, 5) is 13.2. The minimum absolute atomic E-state index is 0.0152. The van der Waals surface area contributed by atoms with Crippen LogP contribution in [0.3, 0.4) is 0 Å². The molecule has 0 atom stereocenters. The van der Waals surface area contributed by atoms with Crippen LogP contribution in [0.1, 0.15) is 0 Å². The van der Waals surface area contributed by atoms with Gasteiger partial charge in [0.25, 0.3) is 10.0 Å². The van der Waals surface area contributed by atoms with Crippen LogP contribution in [0.25, 0.3) is 39.6 Å². The van der Waals surface area contributed by atoms with E-state index in [2.05, 4.69) is 31.4 Å². The molecule has 6 rings (SSSR count). The highest BCUT2D eigenvalue weighted by Gasteiger charge is 2.23. The standard InChI is InChI=1S/C31H23N5O2S/c37-39(38,35-31-32-21-10-22-33-31)27-19-17-26(18-20-27)36-29(24-13-6-2-7-14-24)28(23-11-4-1-5-12-23)34-30(36)25-15-8-3-9-16-25/h1-22H,(H,32,33,35). The molecule has 0 unspecified atom stereocenters. The van der Waals surface area contributed by atoms with Crippen LogP contribution < -0.4 is 4.72 Å². The van der Waals surface area contributed by atoms with E-state index in [4.69, 9.17) is 4.98 Å². The van der Waals surface area contributed by atoms with E-state index in [1.807, 2.05) is 78.9 Å². The molecule has 8 heteroatoms. The minimum Gasteiger partial charge on any atom is -0.292 e. The highest BCUT2D eigenvalue weighted by Crippen LogP contribution is 2.38. The van der Waals surface area contributed by atoms with Gasteiger partial charge in [-0.1, -0.05) is 91.0 Å². The Kier molecular flexibility index (Phi) is 6.44. The summed E-state index contributed by atoms with van der Waals surface area (Å²) in [5.41, 5.74) is 5.44. The van der Waals surface area contributed by atoms with Crippen molar-refractivity contribution in [1.82, 2.24) is 19.5 Å². The maximum Gasteiger partial charge on any atom is 0.264 e. The van der Waals surface area contributed by atoms with E-state index in [0.29, 0.717) is 0 Å². The summed E-state index contributed by atoms with van der Waals surface area (Å²) in [5.74, 6) is 0.765. The number of aromatic nitrogens is 4. The number of nitrogens with one attached hydrogen (secondary N) is 1. The molecule has 0 aliphatic heterocycles. The summed E-state index contributed by atoms with van der Waals surface area (Å²) < 4.78 is 30.5. The lowest BCUT2D eigenvalue weighted by molar-refractivity contribution is 0.601. The van der Waals surface area contributed by atoms with Gasteiger partial charge in [-0.3, -0.25) is 4.57 Å². The van der Waals surface area contributed by atoms with Crippen molar-refractivity contribution in [3.05, 3.63) is 134 Å². The van der Waals surface area contributed by atoms with Gasteiger partial charge < -0.3 is 0 Å². The molecule has 190 valence electrons. The first-order chi connectivity index (χ1) is 19.1. The zero-order valence-electron chi connectivity index (χ0n) is 20.7. The van der Waals surface area contributed by atoms with Crippen molar-refractivity contribution >= 4 is 16.0 Å². The second-order valence-electron chi connectivity index (χ2n) is 8.74. The number of anilines is 1. The molecular weight excluding hydrogens is 506 g/mol. The van der Waals surface area contributed by atoms with Crippen LogP contribution >= 0.6 is 0 Å². The van der Waals surface area contributed by atoms with Gasteiger partial charge in [-0.25, -0.2) is 28.1 Å². The van der Waals surface area contributed by atoms with E-state index < -0.39 is 10.0 Å². The van der Waals surface area contributed by atoms with Gasteiger partial charge in [-0.2, -0.15) is 0 Å². The topological polar surface area (TPSA) is 89.8 Å². The number of benzene rings is 4. The molecule has 0 saturated heterocycles. The largest absolute Gasteiger partial charge is 0.292 e. The summed E-state index contributed by atoms with van der Waals surface area (Å²) in [5, 5.41) is 0. The second kappa shape index (κ2) is 10.4. The Labute approximate surface area is 226 Å². The second-order valence-corrected chi connectivity index (χ2v) is 10.4. The molecule has 39 heavy (non-hydrogen) atoms. The van der Waals surface area contributed by atoms with Crippen LogP contribution in [0, 0.1) is 0 Å². The van der Waals surface area contributed by atoms with Crippen molar-refractivity contribution in [1.29, 1.82) is 0 Å². The van der Waals surface area contributed by atoms with E-state index in [0.717, 1.165) is 39.6 Å². The van der Waals surface area contributed by atoms with Crippen LogP contribution in [-0.2, 0) is 10.0 Å². The highest BCUT2D eigenvalue weighted by atomic mass is 32.2. The maximum absolute atomic E-state index is 13.0. The van der Waals surface area contributed by atoms with Crippen LogP contribution in [-0.4, -0.2) is 27.9 Å². The van der Waals surface area contributed by atoms with Crippen LogP contribution in [0.4, 0.5) is 5.95 Å². The van der Waals surface area contributed by atoms with Gasteiger partial charge in [-0.05, 0) is 30.3 Å². The average molecular weight is 530 g/mol. The number of rotatable bonds is 7. The van der Waals surface area contributed by atoms with Crippen molar-refractivity contribution < 1.29 is 8.42 Å². The lowest BCUT2D eigenvalue weighted by Gasteiger charge is -2.14. The minimum atomic E-state index is -3.87. The van der Waals surface area contributed by atoms with Crippen LogP contribution in [0.15, 0.2) is 139 Å². The van der Waals surface area contributed by atoms with E-state index >= 15 is 0 Å². The molecule has 0 amide bonds. The molecule has 7 nitrogen and oxygen atoms in total. The molecule has 0 aliphatic carbocycles. The fourth-order valence-electron chi connectivity index (χ4n) is 4.42. The lowest BCUT2D eigenvalue weighted by Crippen LogP contribution is -2.15. The maximum atomic E-state index is 13.0. The predicted octanol–water partition coefficient (Wildman–Crippen LogP) is 6.46. The molecular formula is C31H23N5O2S. The van der Waals surface area contributed by atoms with Crippen molar-refractivity contribution in [2.75, 3.05) is 4.72 Å². The van der Waals surface area contributed by atoms with Gasteiger partial charge >= 0.3 is 0 Å². The van der Waals surface area contributed by atoms with Gasteiger partial charge in [0.2, 0.25) is 5.95 Å². The smallest absolute Gasteiger partial charge is 0.264 e. The first kappa shape index (κ1) is 24.3. The number of imidazole rings is 1. The van der Waals surface area contributed by atoms with Gasteiger partial charge in [0.1, 0.15) is 5.82 Å². The Hall–Kier alpha value is -5.08. The van der Waals surface area contributed by atoms with Crippen molar-refractivity contribution in [3.63, 3.8) is 0 Å². The summed E-state index contributed by atoms with van der Waals surface area (Å²) in [7, 11) is -3.87. The van der Waals surface area contributed by atoms with Crippen LogP contribution in [0.2, 0.25) is 0 Å². The normalized spacial score (nSPS) is 11.3. The highest BCUT2D eigenvalue weighted by molar-refractivity contribution is 7.92. The molecule has 0 bridgehead atoms. The van der Waals surface area contributed by atoms with E-state index in [1.165, 1.54) is 12.4 Å². The number of sulfonamides is 1. The summed E-state index contributed by atoms with van der Waals surface area (Å²) in [6.45, 7) is 0. The van der Waals surface area contributed by atoms with Gasteiger partial charge in [0.15, 0.2) is 0 Å². The Bertz CT molecular complexity index is 1810. The molecule has 0 fully saturated rings. The Morgan fingerprint density at radius 1 is 0.590 bits per heavy atom. The summed E-state index contributed by atoms with van der Waals surface area (Å²) in [6, 6.07) is 38.4. The molecule has 1 N–H and O–H groups in total. The zero-order valence-corrected chi connectivity index (χ0v) is 21.5. The number of hydrogen-bond donors (Lipinski definition) is 1. The summed E-state index contributed by atoms with van der Waals surface area (Å²) >= 11 is 0. The number of nitrogens with zero attached hydrogens (tertiary/aromatic N) is 4. The zero-order chi connectivity index (χ0) is 26.7. The fraction of sp³-hybridized carbons (Fsp3) is 0. The molecule has 2 aromatic heterocycles. The summed E-state index contributed by atoms with van der Waals surface area (Å²) in [6.07, 6.45) is 2.96. The van der Waals surface area contributed by atoms with E-state index in [-0.39, 0.29) is 10.8 Å². The van der Waals surface area contributed by atoms with Gasteiger partial charge in [-0.15, -0.1) is 0 Å². The SMILES string of the molecule is O=S(=O)(Nc1ncccn1)c1ccc(-n2c(-c3ccccc3)nc(-c3ccccc3)c2-c2ccccc2)cc1. The average Bonchev–Trinajstić information content (AvgIpc) is 3.40. The third-order valence-electron chi connectivity index (χ3n) is 6.20. The molecule has 0 aliphatic rings. The molecule has 0 radical (unpaired) electrons. The third-order valence-corrected chi connectivity index (χ3v) is 7.54. The van der Waals surface area contributed by atoms with E-state index in [9.17, 15) is 8.42 Å². The first-order valence-electron chi connectivity index (χ1n) is 12.3. The van der Waals surface area contributed by atoms with Crippen molar-refractivity contribution in [2.45, 2.75) is 4.90 Å². The fourth-order valence-corrected chi connectivity index (χ4v) is 5.38. The Morgan fingerprint density at radius 2 is 1.13 bits per heavy atom. The first-order valence-corrected chi connectivity index (χ1v) is 13.8.